The summed E-state index contributed by atoms with van der Waals surface area (Å²) < 4.78 is 0. The van der Waals surface area contributed by atoms with Gasteiger partial charge >= 0.3 is 5.97 Å². The third kappa shape index (κ3) is 1.70. The van der Waals surface area contributed by atoms with E-state index in [1.807, 2.05) is 0 Å². The van der Waals surface area contributed by atoms with Gasteiger partial charge in [-0.05, 0) is 37.1 Å². The molecule has 1 aromatic rings. The van der Waals surface area contributed by atoms with Crippen molar-refractivity contribution in [2.75, 3.05) is 0 Å². The van der Waals surface area contributed by atoms with E-state index in [-0.39, 0.29) is 5.75 Å². The largest absolute Gasteiger partial charge is 0.508 e. The lowest BCUT2D eigenvalue weighted by Crippen LogP contribution is -2.41. The number of hydrogen-bond donors (Lipinski definition) is 3. The van der Waals surface area contributed by atoms with Crippen molar-refractivity contribution in [3.63, 3.8) is 0 Å². The molecule has 0 aromatic heterocycles. The lowest BCUT2D eigenvalue weighted by molar-refractivity contribution is -0.143. The van der Waals surface area contributed by atoms with Gasteiger partial charge in [-0.1, -0.05) is 6.07 Å². The highest BCUT2D eigenvalue weighted by molar-refractivity contribution is 5.80. The van der Waals surface area contributed by atoms with E-state index in [0.29, 0.717) is 11.1 Å². The predicted molar refractivity (Wildman–Crippen MR) is 52.0 cm³/mol. The summed E-state index contributed by atoms with van der Waals surface area (Å²) in [4.78, 5) is 10.8. The topological polar surface area (TPSA) is 83.6 Å². The molecule has 1 aromatic carbocycles. The number of benzene rings is 1. The normalized spacial score (nSPS) is 14.8. The van der Waals surface area contributed by atoms with Crippen LogP contribution < -0.4 is 5.73 Å². The van der Waals surface area contributed by atoms with Crippen molar-refractivity contribution in [1.82, 2.24) is 0 Å². The maximum Gasteiger partial charge on any atom is 0.328 e. The second-order valence-electron chi connectivity index (χ2n) is 3.51. The maximum absolute atomic E-state index is 10.8. The fraction of sp³-hybridized carbons (Fsp3) is 0.300. The Morgan fingerprint density at radius 1 is 1.50 bits per heavy atom. The summed E-state index contributed by atoms with van der Waals surface area (Å²) in [6.45, 7) is 3.11. The van der Waals surface area contributed by atoms with Crippen molar-refractivity contribution in [3.8, 4) is 5.75 Å². The molecule has 0 heterocycles. The molecule has 4 N–H and O–H groups in total. The zero-order valence-electron chi connectivity index (χ0n) is 8.11. The Labute approximate surface area is 82.0 Å². The number of phenolic OH excluding ortho intramolecular Hbond substituents is 1. The Bertz CT molecular complexity index is 372. The number of hydrogen-bond acceptors (Lipinski definition) is 3. The highest BCUT2D eigenvalue weighted by Gasteiger charge is 2.30. The van der Waals surface area contributed by atoms with Crippen LogP contribution in [-0.2, 0) is 10.3 Å². The highest BCUT2D eigenvalue weighted by Crippen LogP contribution is 2.24. The van der Waals surface area contributed by atoms with Crippen molar-refractivity contribution in [2.24, 2.45) is 5.73 Å². The molecule has 0 spiro atoms. The summed E-state index contributed by atoms with van der Waals surface area (Å²) in [5.41, 5.74) is 5.28. The van der Waals surface area contributed by atoms with Crippen LogP contribution in [0.4, 0.5) is 0 Å². The summed E-state index contributed by atoms with van der Waals surface area (Å²) >= 11 is 0. The summed E-state index contributed by atoms with van der Waals surface area (Å²) in [7, 11) is 0. The minimum absolute atomic E-state index is 0.134. The smallest absolute Gasteiger partial charge is 0.328 e. The molecule has 0 bridgehead atoms. The Balaban J connectivity index is 3.21. The van der Waals surface area contributed by atoms with Gasteiger partial charge in [-0.15, -0.1) is 0 Å². The summed E-state index contributed by atoms with van der Waals surface area (Å²) in [5, 5.41) is 18.1. The zero-order chi connectivity index (χ0) is 10.9. The number of carbonyl (C=O) groups is 1. The molecule has 0 amide bonds. The van der Waals surface area contributed by atoms with Crippen LogP contribution >= 0.6 is 0 Å². The molecular formula is C10H13NO3. The first kappa shape index (κ1) is 10.5. The van der Waals surface area contributed by atoms with Crippen LogP contribution in [0.15, 0.2) is 18.2 Å². The number of aromatic hydroxyl groups is 1. The summed E-state index contributed by atoms with van der Waals surface area (Å²) in [6, 6.07) is 4.53. The SMILES string of the molecule is Cc1cc([C@@](C)(N)C(=O)O)ccc1O. The van der Waals surface area contributed by atoms with Crippen molar-refractivity contribution in [1.29, 1.82) is 0 Å². The van der Waals surface area contributed by atoms with E-state index >= 15 is 0 Å². The van der Waals surface area contributed by atoms with Gasteiger partial charge in [0.1, 0.15) is 11.3 Å². The molecule has 14 heavy (non-hydrogen) atoms. The molecule has 0 unspecified atom stereocenters. The quantitative estimate of drug-likeness (QED) is 0.656. The van der Waals surface area contributed by atoms with Crippen molar-refractivity contribution < 1.29 is 15.0 Å². The van der Waals surface area contributed by atoms with Gasteiger partial charge in [-0.3, -0.25) is 0 Å². The van der Waals surface area contributed by atoms with Crippen LogP contribution in [0.3, 0.4) is 0 Å². The van der Waals surface area contributed by atoms with E-state index in [1.54, 1.807) is 13.0 Å². The summed E-state index contributed by atoms with van der Waals surface area (Å²) in [5.74, 6) is -0.961. The van der Waals surface area contributed by atoms with Gasteiger partial charge in [0.05, 0.1) is 0 Å². The first-order valence-electron chi connectivity index (χ1n) is 4.18. The minimum Gasteiger partial charge on any atom is -0.508 e. The highest BCUT2D eigenvalue weighted by atomic mass is 16.4. The van der Waals surface area contributed by atoms with Gasteiger partial charge in [-0.2, -0.15) is 0 Å². The van der Waals surface area contributed by atoms with Gasteiger partial charge in [0.15, 0.2) is 0 Å². The molecule has 1 atom stereocenters. The van der Waals surface area contributed by atoms with Crippen LogP contribution in [0.5, 0.6) is 5.75 Å². The first-order chi connectivity index (χ1) is 6.35. The zero-order valence-corrected chi connectivity index (χ0v) is 8.11. The molecule has 1 rings (SSSR count). The van der Waals surface area contributed by atoms with Gasteiger partial charge < -0.3 is 15.9 Å². The van der Waals surface area contributed by atoms with E-state index in [9.17, 15) is 9.90 Å². The molecular weight excluding hydrogens is 182 g/mol. The molecule has 4 heteroatoms. The average Bonchev–Trinajstić information content (AvgIpc) is 2.09. The van der Waals surface area contributed by atoms with Crippen molar-refractivity contribution in [3.05, 3.63) is 29.3 Å². The molecule has 0 aliphatic carbocycles. The van der Waals surface area contributed by atoms with Gasteiger partial charge in [-0.25, -0.2) is 4.79 Å². The van der Waals surface area contributed by atoms with Gasteiger partial charge in [0.25, 0.3) is 0 Å². The van der Waals surface area contributed by atoms with Crippen molar-refractivity contribution in [2.45, 2.75) is 19.4 Å². The number of carboxylic acid groups (broad SMARTS) is 1. The van der Waals surface area contributed by atoms with E-state index in [1.165, 1.54) is 19.1 Å². The molecule has 0 aliphatic heterocycles. The van der Waals surface area contributed by atoms with Gasteiger partial charge in [0, 0.05) is 0 Å². The lowest BCUT2D eigenvalue weighted by Gasteiger charge is -2.20. The second-order valence-corrected chi connectivity index (χ2v) is 3.51. The number of phenols is 1. The number of aliphatic carboxylic acids is 1. The Morgan fingerprint density at radius 2 is 2.07 bits per heavy atom. The fourth-order valence-corrected chi connectivity index (χ4v) is 1.10. The second kappa shape index (κ2) is 3.31. The number of nitrogens with two attached hydrogens (primary N) is 1. The third-order valence-electron chi connectivity index (χ3n) is 2.24. The monoisotopic (exact) mass is 195 g/mol. The molecule has 0 fully saturated rings. The molecule has 0 aliphatic rings. The average molecular weight is 195 g/mol. The molecule has 76 valence electrons. The number of rotatable bonds is 2. The molecule has 0 radical (unpaired) electrons. The maximum atomic E-state index is 10.8. The molecule has 0 saturated heterocycles. The van der Waals surface area contributed by atoms with E-state index in [4.69, 9.17) is 10.8 Å². The Morgan fingerprint density at radius 3 is 2.50 bits per heavy atom. The van der Waals surface area contributed by atoms with Crippen molar-refractivity contribution >= 4 is 5.97 Å². The van der Waals surface area contributed by atoms with Crippen LogP contribution in [0.1, 0.15) is 18.1 Å². The standard InChI is InChI=1S/C10H13NO3/c1-6-5-7(3-4-8(6)12)10(2,11)9(13)14/h3-5,12H,11H2,1-2H3,(H,13,14)/t10-/m1/s1. The van der Waals surface area contributed by atoms with E-state index < -0.39 is 11.5 Å². The van der Waals surface area contributed by atoms with Crippen LogP contribution in [0.25, 0.3) is 0 Å². The predicted octanol–water partition coefficient (Wildman–Crippen LogP) is 0.959. The number of aryl methyl sites for hydroxylation is 1. The Kier molecular flexibility index (Phi) is 2.49. The molecule has 4 nitrogen and oxygen atoms in total. The van der Waals surface area contributed by atoms with Gasteiger partial charge in [0.2, 0.25) is 0 Å². The van der Waals surface area contributed by atoms with Crippen LogP contribution in [0, 0.1) is 6.92 Å². The fourth-order valence-electron chi connectivity index (χ4n) is 1.10. The molecule has 0 saturated carbocycles. The van der Waals surface area contributed by atoms with E-state index in [0.717, 1.165) is 0 Å². The van der Waals surface area contributed by atoms with Crippen LogP contribution in [0.2, 0.25) is 0 Å². The van der Waals surface area contributed by atoms with E-state index in [2.05, 4.69) is 0 Å². The third-order valence-corrected chi connectivity index (χ3v) is 2.24. The summed E-state index contributed by atoms with van der Waals surface area (Å²) in [6.07, 6.45) is 0. The lowest BCUT2D eigenvalue weighted by atomic mass is 9.92. The van der Waals surface area contributed by atoms with Crippen LogP contribution in [-0.4, -0.2) is 16.2 Å². The minimum atomic E-state index is -1.42. The Hall–Kier alpha value is -1.55. The number of carboxylic acids is 1. The first-order valence-corrected chi connectivity index (χ1v) is 4.18.